The number of anilines is 1. The monoisotopic (exact) mass is 210 g/mol. The summed E-state index contributed by atoms with van der Waals surface area (Å²) < 4.78 is 0. The number of rotatable bonds is 4. The van der Waals surface area contributed by atoms with Crippen LogP contribution < -0.4 is 11.5 Å². The molecule has 0 aliphatic carbocycles. The van der Waals surface area contributed by atoms with Crippen molar-refractivity contribution < 1.29 is 0 Å². The van der Waals surface area contributed by atoms with E-state index in [1.165, 1.54) is 5.56 Å². The molecule has 1 unspecified atom stereocenters. The molecule has 0 bridgehead atoms. The molecule has 1 atom stereocenters. The maximum Gasteiger partial charge on any atom is 0.0452 e. The predicted molar refractivity (Wildman–Crippen MR) is 64.7 cm³/mol. The molecular weight excluding hydrogens is 192 g/mol. The van der Waals surface area contributed by atoms with Gasteiger partial charge in [0.25, 0.3) is 0 Å². The van der Waals surface area contributed by atoms with Crippen LogP contribution in [0.2, 0.25) is 0 Å². The van der Waals surface area contributed by atoms with Gasteiger partial charge in [0.15, 0.2) is 0 Å². The van der Waals surface area contributed by atoms with Crippen LogP contribution in [0.4, 0.5) is 5.69 Å². The first-order valence-corrected chi connectivity index (χ1v) is 6.08. The second-order valence-electron chi connectivity index (χ2n) is 3.34. The molecule has 3 heteroatoms. The van der Waals surface area contributed by atoms with Gasteiger partial charge in [-0.25, -0.2) is 0 Å². The summed E-state index contributed by atoms with van der Waals surface area (Å²) in [5.41, 5.74) is 13.7. The lowest BCUT2D eigenvalue weighted by molar-refractivity contribution is 0.673. The zero-order valence-corrected chi connectivity index (χ0v) is 9.60. The lowest BCUT2D eigenvalue weighted by Gasteiger charge is -2.14. The highest BCUT2D eigenvalue weighted by molar-refractivity contribution is 7.98. The summed E-state index contributed by atoms with van der Waals surface area (Å²) >= 11 is 1.68. The van der Waals surface area contributed by atoms with Crippen LogP contribution in [0, 0.1) is 0 Å². The van der Waals surface area contributed by atoms with Crippen molar-refractivity contribution in [1.29, 1.82) is 0 Å². The predicted octanol–water partition coefficient (Wildman–Crippen LogP) is 2.44. The number of nitrogen functional groups attached to an aromatic ring is 1. The van der Waals surface area contributed by atoms with Crippen molar-refractivity contribution in [2.75, 3.05) is 18.5 Å². The van der Waals surface area contributed by atoms with E-state index < -0.39 is 0 Å². The fourth-order valence-electron chi connectivity index (χ4n) is 1.52. The largest absolute Gasteiger partial charge is 0.398 e. The van der Waals surface area contributed by atoms with Gasteiger partial charge in [-0.15, -0.1) is 11.8 Å². The number of nitrogens with two attached hydrogens (primary N) is 2. The molecular formula is C11H18N2S. The van der Waals surface area contributed by atoms with Gasteiger partial charge in [0.1, 0.15) is 0 Å². The summed E-state index contributed by atoms with van der Waals surface area (Å²) in [6.07, 6.45) is 3.12. The molecule has 1 rings (SSSR count). The Bertz CT molecular complexity index is 295. The number of hydrogen-bond acceptors (Lipinski definition) is 3. The molecule has 0 spiro atoms. The molecule has 0 heterocycles. The number of hydrogen-bond donors (Lipinski definition) is 2. The number of benzene rings is 1. The Morgan fingerprint density at radius 2 is 2.14 bits per heavy atom. The zero-order valence-electron chi connectivity index (χ0n) is 8.79. The van der Waals surface area contributed by atoms with Gasteiger partial charge in [0, 0.05) is 10.6 Å². The van der Waals surface area contributed by atoms with Crippen LogP contribution in [-0.4, -0.2) is 12.8 Å². The van der Waals surface area contributed by atoms with Crippen LogP contribution in [0.25, 0.3) is 0 Å². The minimum atomic E-state index is 0.460. The molecule has 0 aliphatic rings. The molecule has 0 radical (unpaired) electrons. The van der Waals surface area contributed by atoms with Gasteiger partial charge in [-0.05, 0) is 42.8 Å². The van der Waals surface area contributed by atoms with Crippen molar-refractivity contribution in [3.63, 3.8) is 0 Å². The zero-order chi connectivity index (χ0) is 10.6. The molecule has 4 N–H and O–H groups in total. The van der Waals surface area contributed by atoms with Gasteiger partial charge in [-0.2, -0.15) is 0 Å². The lowest BCUT2D eigenvalue weighted by atomic mass is 9.96. The summed E-state index contributed by atoms with van der Waals surface area (Å²) in [5, 5.41) is 0. The standard InChI is InChI=1S/C11H18N2S/c1-3-8(7-12)9-4-5-10(13)11(6-9)14-2/h4-6,8H,3,7,12-13H2,1-2H3. The first-order chi connectivity index (χ1) is 6.72. The fraction of sp³-hybridized carbons (Fsp3) is 0.455. The molecule has 0 amide bonds. The van der Waals surface area contributed by atoms with E-state index in [0.717, 1.165) is 17.0 Å². The van der Waals surface area contributed by atoms with Gasteiger partial charge in [0.05, 0.1) is 0 Å². The molecule has 0 saturated carbocycles. The van der Waals surface area contributed by atoms with E-state index in [0.29, 0.717) is 12.5 Å². The minimum Gasteiger partial charge on any atom is -0.398 e. The van der Waals surface area contributed by atoms with E-state index in [9.17, 15) is 0 Å². The third kappa shape index (κ3) is 2.42. The van der Waals surface area contributed by atoms with Crippen molar-refractivity contribution in [2.24, 2.45) is 5.73 Å². The van der Waals surface area contributed by atoms with E-state index >= 15 is 0 Å². The van der Waals surface area contributed by atoms with E-state index in [2.05, 4.69) is 19.1 Å². The highest BCUT2D eigenvalue weighted by Crippen LogP contribution is 2.28. The van der Waals surface area contributed by atoms with Crippen LogP contribution in [0.1, 0.15) is 24.8 Å². The van der Waals surface area contributed by atoms with Crippen LogP contribution in [-0.2, 0) is 0 Å². The summed E-state index contributed by atoms with van der Waals surface area (Å²) in [6, 6.07) is 6.20. The summed E-state index contributed by atoms with van der Waals surface area (Å²) in [6.45, 7) is 2.86. The molecule has 0 aliphatic heterocycles. The lowest BCUT2D eigenvalue weighted by Crippen LogP contribution is -2.11. The summed E-state index contributed by atoms with van der Waals surface area (Å²) in [5.74, 6) is 0.460. The average molecular weight is 210 g/mol. The van der Waals surface area contributed by atoms with Gasteiger partial charge < -0.3 is 11.5 Å². The Labute approximate surface area is 90.1 Å². The van der Waals surface area contributed by atoms with Crippen molar-refractivity contribution in [3.05, 3.63) is 23.8 Å². The minimum absolute atomic E-state index is 0.460. The van der Waals surface area contributed by atoms with E-state index in [1.54, 1.807) is 11.8 Å². The van der Waals surface area contributed by atoms with Gasteiger partial charge in [0.2, 0.25) is 0 Å². The molecule has 2 nitrogen and oxygen atoms in total. The highest BCUT2D eigenvalue weighted by Gasteiger charge is 2.08. The second-order valence-corrected chi connectivity index (χ2v) is 4.19. The molecule has 1 aromatic rings. The van der Waals surface area contributed by atoms with Gasteiger partial charge >= 0.3 is 0 Å². The topological polar surface area (TPSA) is 52.0 Å². The molecule has 1 aromatic carbocycles. The third-order valence-corrected chi connectivity index (χ3v) is 3.30. The Morgan fingerprint density at radius 1 is 1.43 bits per heavy atom. The van der Waals surface area contributed by atoms with Gasteiger partial charge in [-0.1, -0.05) is 13.0 Å². The van der Waals surface area contributed by atoms with E-state index in [1.807, 2.05) is 12.3 Å². The van der Waals surface area contributed by atoms with E-state index in [4.69, 9.17) is 11.5 Å². The number of thioether (sulfide) groups is 1. The van der Waals surface area contributed by atoms with Gasteiger partial charge in [-0.3, -0.25) is 0 Å². The van der Waals surface area contributed by atoms with E-state index in [-0.39, 0.29) is 0 Å². The Balaban J connectivity index is 2.98. The van der Waals surface area contributed by atoms with Crippen LogP contribution in [0.15, 0.2) is 23.1 Å². The van der Waals surface area contributed by atoms with Crippen LogP contribution >= 0.6 is 11.8 Å². The first-order valence-electron chi connectivity index (χ1n) is 4.86. The highest BCUT2D eigenvalue weighted by atomic mass is 32.2. The molecule has 78 valence electrons. The van der Waals surface area contributed by atoms with Crippen molar-refractivity contribution in [3.8, 4) is 0 Å². The first kappa shape index (κ1) is 11.4. The molecule has 14 heavy (non-hydrogen) atoms. The summed E-state index contributed by atoms with van der Waals surface area (Å²) in [7, 11) is 0. The Kier molecular flexibility index (Phi) is 4.29. The van der Waals surface area contributed by atoms with Crippen LogP contribution in [0.5, 0.6) is 0 Å². The maximum absolute atomic E-state index is 5.83. The smallest absolute Gasteiger partial charge is 0.0452 e. The maximum atomic E-state index is 5.83. The van der Waals surface area contributed by atoms with Crippen molar-refractivity contribution in [2.45, 2.75) is 24.2 Å². The van der Waals surface area contributed by atoms with Crippen molar-refractivity contribution >= 4 is 17.4 Å². The molecule has 0 fully saturated rings. The SMILES string of the molecule is CCC(CN)c1ccc(N)c(SC)c1. The fourth-order valence-corrected chi connectivity index (χ4v) is 2.08. The molecule has 0 saturated heterocycles. The quantitative estimate of drug-likeness (QED) is 0.593. The third-order valence-electron chi connectivity index (χ3n) is 2.51. The Morgan fingerprint density at radius 3 is 2.64 bits per heavy atom. The Hall–Kier alpha value is -0.670. The average Bonchev–Trinajstić information content (AvgIpc) is 2.22. The summed E-state index contributed by atoms with van der Waals surface area (Å²) in [4.78, 5) is 1.15. The second kappa shape index (κ2) is 5.27. The molecule has 0 aromatic heterocycles. The normalized spacial score (nSPS) is 12.8. The van der Waals surface area contributed by atoms with Crippen molar-refractivity contribution in [1.82, 2.24) is 0 Å². The van der Waals surface area contributed by atoms with Crippen LogP contribution in [0.3, 0.4) is 0 Å².